The highest BCUT2D eigenvalue weighted by molar-refractivity contribution is 6.01. The van der Waals surface area contributed by atoms with Crippen LogP contribution in [0.2, 0.25) is 0 Å². The fourth-order valence-corrected chi connectivity index (χ4v) is 3.74. The minimum Gasteiger partial charge on any atom is -0.379 e. The Kier molecular flexibility index (Phi) is 7.18. The molecule has 34 heavy (non-hydrogen) atoms. The normalized spacial score (nSPS) is 12.7. The Bertz CT molecular complexity index is 1180. The number of amides is 2. The molecule has 0 radical (unpaired) electrons. The van der Waals surface area contributed by atoms with Crippen LogP contribution in [0.3, 0.4) is 0 Å². The number of para-hydroxylation sites is 1. The van der Waals surface area contributed by atoms with Crippen LogP contribution in [-0.2, 0) is 16.0 Å². The molecule has 0 aliphatic carbocycles. The predicted molar refractivity (Wildman–Crippen MR) is 132 cm³/mol. The van der Waals surface area contributed by atoms with Crippen LogP contribution in [0.5, 0.6) is 0 Å². The lowest BCUT2D eigenvalue weighted by atomic mass is 10.1. The average molecular weight is 460 g/mol. The van der Waals surface area contributed by atoms with Crippen molar-refractivity contribution in [2.45, 2.75) is 32.8 Å². The number of nitrogens with one attached hydrogen (secondary N) is 2. The molecule has 1 aliphatic heterocycles. The first-order valence-corrected chi connectivity index (χ1v) is 11.4. The van der Waals surface area contributed by atoms with Gasteiger partial charge in [-0.25, -0.2) is 9.97 Å². The fourth-order valence-electron chi connectivity index (χ4n) is 3.74. The Labute approximate surface area is 199 Å². The van der Waals surface area contributed by atoms with Crippen LogP contribution in [0.4, 0.5) is 17.3 Å². The number of aromatic nitrogens is 2. The van der Waals surface area contributed by atoms with Gasteiger partial charge in [0.15, 0.2) is 0 Å². The molecule has 2 aromatic carbocycles. The standard InChI is InChI=1S/C26H29N5O3/c1-17(2)34-14-6-13-27-25(33)18-9-11-20(12-10-18)29-26-28-16-19-15-23(32)31(3)22-8-5-4-7-21(22)24(19)30-26/h4-5,7-12,16-17H,6,13-15H2,1-3H3,(H,27,33)(H,28,29,30). The Hall–Kier alpha value is -3.78. The molecule has 0 fully saturated rings. The van der Waals surface area contributed by atoms with Crippen molar-refractivity contribution in [2.24, 2.45) is 0 Å². The summed E-state index contributed by atoms with van der Waals surface area (Å²) < 4.78 is 5.48. The summed E-state index contributed by atoms with van der Waals surface area (Å²) in [7, 11) is 1.77. The van der Waals surface area contributed by atoms with Gasteiger partial charge in [-0.3, -0.25) is 9.59 Å². The van der Waals surface area contributed by atoms with Crippen molar-refractivity contribution < 1.29 is 14.3 Å². The van der Waals surface area contributed by atoms with E-state index in [0.29, 0.717) is 24.7 Å². The molecule has 4 rings (SSSR count). The molecule has 2 N–H and O–H groups in total. The van der Waals surface area contributed by atoms with Crippen molar-refractivity contribution in [3.8, 4) is 11.3 Å². The quantitative estimate of drug-likeness (QED) is 0.495. The molecule has 1 aliphatic rings. The van der Waals surface area contributed by atoms with Crippen LogP contribution in [-0.4, -0.2) is 48.1 Å². The van der Waals surface area contributed by atoms with Crippen LogP contribution in [0.15, 0.2) is 54.7 Å². The highest BCUT2D eigenvalue weighted by atomic mass is 16.5. The van der Waals surface area contributed by atoms with Crippen LogP contribution in [0.25, 0.3) is 11.3 Å². The lowest BCUT2D eigenvalue weighted by molar-refractivity contribution is -0.117. The molecule has 8 nitrogen and oxygen atoms in total. The second-order valence-electron chi connectivity index (χ2n) is 8.45. The van der Waals surface area contributed by atoms with Gasteiger partial charge in [0.25, 0.3) is 5.91 Å². The summed E-state index contributed by atoms with van der Waals surface area (Å²) in [5.74, 6) is 0.299. The lowest BCUT2D eigenvalue weighted by Crippen LogP contribution is -2.26. The lowest BCUT2D eigenvalue weighted by Gasteiger charge is -2.16. The van der Waals surface area contributed by atoms with Gasteiger partial charge in [0.2, 0.25) is 11.9 Å². The molecule has 2 amide bonds. The molecule has 0 saturated heterocycles. The van der Waals surface area contributed by atoms with Crippen LogP contribution >= 0.6 is 0 Å². The molecule has 2 heterocycles. The zero-order valence-corrected chi connectivity index (χ0v) is 19.7. The summed E-state index contributed by atoms with van der Waals surface area (Å²) in [6.45, 7) is 5.16. The molecule has 3 aromatic rings. The summed E-state index contributed by atoms with van der Waals surface area (Å²) >= 11 is 0. The zero-order chi connectivity index (χ0) is 24.1. The highest BCUT2D eigenvalue weighted by Crippen LogP contribution is 2.35. The van der Waals surface area contributed by atoms with Crippen molar-refractivity contribution >= 4 is 29.1 Å². The maximum atomic E-state index is 12.5. The maximum Gasteiger partial charge on any atom is 0.251 e. The number of likely N-dealkylation sites (N-methyl/N-ethyl adjacent to an activating group) is 1. The van der Waals surface area contributed by atoms with E-state index in [-0.39, 0.29) is 24.3 Å². The van der Waals surface area contributed by atoms with Gasteiger partial charge in [0.1, 0.15) is 0 Å². The molecule has 0 atom stereocenters. The number of hydrogen-bond donors (Lipinski definition) is 2. The summed E-state index contributed by atoms with van der Waals surface area (Å²) in [5, 5.41) is 6.10. The third kappa shape index (κ3) is 5.40. The van der Waals surface area contributed by atoms with E-state index in [4.69, 9.17) is 9.72 Å². The number of ether oxygens (including phenoxy) is 1. The predicted octanol–water partition coefficient (Wildman–Crippen LogP) is 3.95. The molecule has 0 saturated carbocycles. The Morgan fingerprint density at radius 3 is 2.68 bits per heavy atom. The van der Waals surface area contributed by atoms with E-state index in [1.165, 1.54) is 0 Å². The molecule has 1 aromatic heterocycles. The SMILES string of the molecule is CC(C)OCCCNC(=O)c1ccc(Nc2ncc3c(n2)-c2ccccc2N(C)C(=O)C3)cc1. The molecular formula is C26H29N5O3. The number of anilines is 3. The average Bonchev–Trinajstić information content (AvgIpc) is 2.94. The Morgan fingerprint density at radius 1 is 1.15 bits per heavy atom. The van der Waals surface area contributed by atoms with E-state index in [1.807, 2.05) is 50.2 Å². The third-order valence-electron chi connectivity index (χ3n) is 5.56. The van der Waals surface area contributed by atoms with E-state index < -0.39 is 0 Å². The molecule has 0 unspecified atom stereocenters. The minimum atomic E-state index is -0.122. The first-order chi connectivity index (χ1) is 16.4. The number of fused-ring (bicyclic) bond motifs is 3. The molecule has 176 valence electrons. The van der Waals surface area contributed by atoms with Gasteiger partial charge < -0.3 is 20.3 Å². The summed E-state index contributed by atoms with van der Waals surface area (Å²) in [6.07, 6.45) is 2.90. The van der Waals surface area contributed by atoms with E-state index >= 15 is 0 Å². The largest absolute Gasteiger partial charge is 0.379 e. The summed E-state index contributed by atoms with van der Waals surface area (Å²) in [5.41, 5.74) is 4.58. The van der Waals surface area contributed by atoms with E-state index in [0.717, 1.165) is 34.6 Å². The highest BCUT2D eigenvalue weighted by Gasteiger charge is 2.24. The van der Waals surface area contributed by atoms with Gasteiger partial charge >= 0.3 is 0 Å². The van der Waals surface area contributed by atoms with Crippen LogP contribution < -0.4 is 15.5 Å². The van der Waals surface area contributed by atoms with E-state index in [1.54, 1.807) is 30.3 Å². The summed E-state index contributed by atoms with van der Waals surface area (Å²) in [6, 6.07) is 14.9. The van der Waals surface area contributed by atoms with Gasteiger partial charge in [-0.1, -0.05) is 18.2 Å². The number of benzene rings is 2. The topological polar surface area (TPSA) is 96.4 Å². The van der Waals surface area contributed by atoms with Gasteiger partial charge in [-0.15, -0.1) is 0 Å². The molecule has 8 heteroatoms. The molecule has 0 spiro atoms. The number of rotatable bonds is 8. The van der Waals surface area contributed by atoms with Crippen LogP contribution in [0, 0.1) is 0 Å². The van der Waals surface area contributed by atoms with Crippen molar-refractivity contribution in [2.75, 3.05) is 30.4 Å². The van der Waals surface area contributed by atoms with E-state index in [9.17, 15) is 9.59 Å². The van der Waals surface area contributed by atoms with Gasteiger partial charge in [0, 0.05) is 48.8 Å². The maximum absolute atomic E-state index is 12.5. The molecule has 0 bridgehead atoms. The number of nitrogens with zero attached hydrogens (tertiary/aromatic N) is 3. The van der Waals surface area contributed by atoms with Crippen molar-refractivity contribution in [1.82, 2.24) is 15.3 Å². The monoisotopic (exact) mass is 459 g/mol. The van der Waals surface area contributed by atoms with Crippen molar-refractivity contribution in [1.29, 1.82) is 0 Å². The van der Waals surface area contributed by atoms with E-state index in [2.05, 4.69) is 15.6 Å². The van der Waals surface area contributed by atoms with Crippen molar-refractivity contribution in [3.05, 3.63) is 65.9 Å². The van der Waals surface area contributed by atoms with Crippen molar-refractivity contribution in [3.63, 3.8) is 0 Å². The fraction of sp³-hybridized carbons (Fsp3) is 0.308. The second kappa shape index (κ2) is 10.4. The first-order valence-electron chi connectivity index (χ1n) is 11.4. The number of carbonyl (C=O) groups is 2. The Balaban J connectivity index is 1.44. The number of hydrogen-bond acceptors (Lipinski definition) is 6. The molecular weight excluding hydrogens is 430 g/mol. The van der Waals surface area contributed by atoms with Gasteiger partial charge in [-0.2, -0.15) is 0 Å². The third-order valence-corrected chi connectivity index (χ3v) is 5.56. The smallest absolute Gasteiger partial charge is 0.251 e. The minimum absolute atomic E-state index is 0.00294. The Morgan fingerprint density at radius 2 is 1.91 bits per heavy atom. The second-order valence-corrected chi connectivity index (χ2v) is 8.45. The zero-order valence-electron chi connectivity index (χ0n) is 19.7. The van der Waals surface area contributed by atoms with Crippen LogP contribution in [0.1, 0.15) is 36.2 Å². The summed E-state index contributed by atoms with van der Waals surface area (Å²) in [4.78, 5) is 35.7. The first kappa shape index (κ1) is 23.4. The van der Waals surface area contributed by atoms with Gasteiger partial charge in [0.05, 0.1) is 23.9 Å². The van der Waals surface area contributed by atoms with Gasteiger partial charge in [-0.05, 0) is 50.6 Å². The number of carbonyl (C=O) groups excluding carboxylic acids is 2.